The summed E-state index contributed by atoms with van der Waals surface area (Å²) in [5, 5.41) is 21.8. The molecule has 0 unspecified atom stereocenters. The van der Waals surface area contributed by atoms with Crippen LogP contribution in [-0.2, 0) is 4.79 Å². The number of hydrogen-bond donors (Lipinski definition) is 2. The second kappa shape index (κ2) is 10.0. The van der Waals surface area contributed by atoms with Gasteiger partial charge in [-0.25, -0.2) is 4.79 Å². The highest BCUT2D eigenvalue weighted by Gasteiger charge is 2.32. The summed E-state index contributed by atoms with van der Waals surface area (Å²) >= 11 is 6.13. The van der Waals surface area contributed by atoms with Gasteiger partial charge in [0.2, 0.25) is 5.91 Å². The number of aromatic nitrogens is 1. The number of pyridine rings is 1. The molecule has 0 spiro atoms. The summed E-state index contributed by atoms with van der Waals surface area (Å²) < 4.78 is 6.89. The summed E-state index contributed by atoms with van der Waals surface area (Å²) in [4.78, 5) is 37.6. The fourth-order valence-electron chi connectivity index (χ4n) is 3.92. The number of nitriles is 1. The minimum absolute atomic E-state index is 0.104. The van der Waals surface area contributed by atoms with Crippen LogP contribution in [0.5, 0.6) is 5.75 Å². The highest BCUT2D eigenvalue weighted by molar-refractivity contribution is 6.31. The number of ether oxygens (including phenoxy) is 1. The van der Waals surface area contributed by atoms with Crippen LogP contribution in [-0.4, -0.2) is 28.7 Å². The molecule has 1 heterocycles. The van der Waals surface area contributed by atoms with Crippen LogP contribution in [0.4, 0.5) is 5.69 Å². The standard InChI is InChI=1S/C26H22ClN3O5/c1-35-23-14-30(24(31)12-21(23)20-11-18(27)7-4-17(20)13-28)22(10-15-2-3-15)25(32)29-19-8-5-16(6-9-19)26(33)34/h4-9,11-12,14-15,22H,2-3,10H2,1H3,(H,29,32)(H,33,34)/t22-/m0/s1. The van der Waals surface area contributed by atoms with Gasteiger partial charge in [0.1, 0.15) is 11.8 Å². The lowest BCUT2D eigenvalue weighted by Crippen LogP contribution is -2.33. The summed E-state index contributed by atoms with van der Waals surface area (Å²) in [5.74, 6) is -0.802. The lowest BCUT2D eigenvalue weighted by molar-refractivity contribution is -0.119. The van der Waals surface area contributed by atoms with Gasteiger partial charge in [-0.1, -0.05) is 24.4 Å². The smallest absolute Gasteiger partial charge is 0.335 e. The number of carboxylic acid groups (broad SMARTS) is 1. The number of nitrogens with zero attached hydrogens (tertiary/aromatic N) is 2. The predicted molar refractivity (Wildman–Crippen MR) is 131 cm³/mol. The number of carbonyl (C=O) groups excluding carboxylic acids is 1. The Balaban J connectivity index is 1.71. The second-order valence-electron chi connectivity index (χ2n) is 8.37. The molecular weight excluding hydrogens is 470 g/mol. The molecule has 1 aliphatic rings. The fourth-order valence-corrected chi connectivity index (χ4v) is 4.09. The molecule has 0 radical (unpaired) electrons. The number of amides is 1. The van der Waals surface area contributed by atoms with Gasteiger partial charge in [-0.3, -0.25) is 14.2 Å². The molecular formula is C26H22ClN3O5. The Morgan fingerprint density at radius 2 is 1.91 bits per heavy atom. The van der Waals surface area contributed by atoms with Crippen molar-refractivity contribution in [1.82, 2.24) is 4.57 Å². The third-order valence-corrected chi connectivity index (χ3v) is 6.18. The third-order valence-electron chi connectivity index (χ3n) is 5.95. The van der Waals surface area contributed by atoms with Gasteiger partial charge in [0, 0.05) is 27.9 Å². The molecule has 3 aromatic rings. The molecule has 1 saturated carbocycles. The van der Waals surface area contributed by atoms with Crippen molar-refractivity contribution in [3.8, 4) is 22.9 Å². The van der Waals surface area contributed by atoms with Gasteiger partial charge in [-0.2, -0.15) is 5.26 Å². The van der Waals surface area contributed by atoms with Crippen LogP contribution in [0.2, 0.25) is 5.02 Å². The van der Waals surface area contributed by atoms with Crippen LogP contribution in [0.15, 0.2) is 59.5 Å². The van der Waals surface area contributed by atoms with Crippen molar-refractivity contribution < 1.29 is 19.4 Å². The molecule has 0 aliphatic heterocycles. The van der Waals surface area contributed by atoms with E-state index in [0.717, 1.165) is 12.8 Å². The van der Waals surface area contributed by atoms with E-state index in [0.29, 0.717) is 45.5 Å². The van der Waals surface area contributed by atoms with E-state index in [1.807, 2.05) is 0 Å². The Labute approximate surface area is 206 Å². The molecule has 0 bridgehead atoms. The highest BCUT2D eigenvalue weighted by atomic mass is 35.5. The summed E-state index contributed by atoms with van der Waals surface area (Å²) in [7, 11) is 1.45. The van der Waals surface area contributed by atoms with Crippen molar-refractivity contribution in [3.05, 3.63) is 81.2 Å². The number of carbonyl (C=O) groups is 2. The van der Waals surface area contributed by atoms with Crippen LogP contribution < -0.4 is 15.6 Å². The average molecular weight is 492 g/mol. The van der Waals surface area contributed by atoms with Crippen LogP contribution in [0.3, 0.4) is 0 Å². The molecule has 178 valence electrons. The largest absolute Gasteiger partial charge is 0.495 e. The first kappa shape index (κ1) is 24.0. The first-order chi connectivity index (χ1) is 16.8. The topological polar surface area (TPSA) is 121 Å². The summed E-state index contributed by atoms with van der Waals surface area (Å²) in [6.45, 7) is 0. The molecule has 1 aromatic heterocycles. The van der Waals surface area contributed by atoms with Gasteiger partial charge < -0.3 is 15.2 Å². The van der Waals surface area contributed by atoms with Crippen molar-refractivity contribution in [2.45, 2.75) is 25.3 Å². The second-order valence-corrected chi connectivity index (χ2v) is 8.81. The van der Waals surface area contributed by atoms with Crippen LogP contribution >= 0.6 is 11.6 Å². The zero-order chi connectivity index (χ0) is 25.1. The number of halogens is 1. The van der Waals surface area contributed by atoms with E-state index in [1.165, 1.54) is 48.2 Å². The molecule has 4 rings (SSSR count). The SMILES string of the molecule is COc1cn([C@@H](CC2CC2)C(=O)Nc2ccc(C(=O)O)cc2)c(=O)cc1-c1cc(Cl)ccc1C#N. The zero-order valence-electron chi connectivity index (χ0n) is 18.8. The Hall–Kier alpha value is -4.09. The molecule has 8 nitrogen and oxygen atoms in total. The van der Waals surface area contributed by atoms with Gasteiger partial charge >= 0.3 is 5.97 Å². The third kappa shape index (κ3) is 5.36. The van der Waals surface area contributed by atoms with Crippen molar-refractivity contribution in [3.63, 3.8) is 0 Å². The molecule has 1 atom stereocenters. The summed E-state index contributed by atoms with van der Waals surface area (Å²) in [6, 6.07) is 13.2. The maximum Gasteiger partial charge on any atom is 0.335 e. The van der Waals surface area contributed by atoms with E-state index in [4.69, 9.17) is 21.4 Å². The summed E-state index contributed by atoms with van der Waals surface area (Å²) in [6.07, 6.45) is 3.92. The highest BCUT2D eigenvalue weighted by Crippen LogP contribution is 2.38. The number of anilines is 1. The number of rotatable bonds is 8. The molecule has 2 aromatic carbocycles. The molecule has 0 saturated heterocycles. The van der Waals surface area contributed by atoms with Crippen molar-refractivity contribution in [1.29, 1.82) is 5.26 Å². The predicted octanol–water partition coefficient (Wildman–Crippen LogP) is 4.73. The lowest BCUT2D eigenvalue weighted by atomic mass is 10.00. The average Bonchev–Trinajstić information content (AvgIpc) is 3.67. The van der Waals surface area contributed by atoms with E-state index in [2.05, 4.69) is 11.4 Å². The quantitative estimate of drug-likeness (QED) is 0.470. The zero-order valence-corrected chi connectivity index (χ0v) is 19.6. The Kier molecular flexibility index (Phi) is 6.90. The maximum atomic E-state index is 13.3. The molecule has 2 N–H and O–H groups in total. The first-order valence-electron chi connectivity index (χ1n) is 10.9. The lowest BCUT2D eigenvalue weighted by Gasteiger charge is -2.21. The van der Waals surface area contributed by atoms with Crippen molar-refractivity contribution in [2.24, 2.45) is 5.92 Å². The number of aromatic carboxylic acids is 1. The van der Waals surface area contributed by atoms with E-state index < -0.39 is 23.5 Å². The Bertz CT molecular complexity index is 1390. The van der Waals surface area contributed by atoms with E-state index in [9.17, 15) is 19.6 Å². The molecule has 1 fully saturated rings. The van der Waals surface area contributed by atoms with Crippen LogP contribution in [0.1, 0.15) is 41.2 Å². The van der Waals surface area contributed by atoms with Crippen molar-refractivity contribution in [2.75, 3.05) is 12.4 Å². The Morgan fingerprint density at radius 1 is 1.20 bits per heavy atom. The van der Waals surface area contributed by atoms with Gasteiger partial charge in [0.25, 0.3) is 5.56 Å². The molecule has 35 heavy (non-hydrogen) atoms. The fraction of sp³-hybridized carbons (Fsp3) is 0.231. The normalized spacial score (nSPS) is 13.5. The van der Waals surface area contributed by atoms with Gasteiger partial charge in [-0.05, 0) is 54.8 Å². The van der Waals surface area contributed by atoms with E-state index in [-0.39, 0.29) is 5.56 Å². The van der Waals surface area contributed by atoms with Gasteiger partial charge in [-0.15, -0.1) is 0 Å². The Morgan fingerprint density at radius 3 is 2.51 bits per heavy atom. The monoisotopic (exact) mass is 491 g/mol. The van der Waals surface area contributed by atoms with Crippen LogP contribution in [0, 0.1) is 17.2 Å². The molecule has 1 amide bonds. The van der Waals surface area contributed by atoms with E-state index >= 15 is 0 Å². The maximum absolute atomic E-state index is 13.3. The van der Waals surface area contributed by atoms with Crippen molar-refractivity contribution >= 4 is 29.2 Å². The number of hydrogen-bond acceptors (Lipinski definition) is 5. The minimum atomic E-state index is -1.06. The number of methoxy groups -OCH3 is 1. The van der Waals surface area contributed by atoms with Gasteiger partial charge in [0.05, 0.1) is 30.5 Å². The van der Waals surface area contributed by atoms with Gasteiger partial charge in [0.15, 0.2) is 0 Å². The van der Waals surface area contributed by atoms with E-state index in [1.54, 1.807) is 18.2 Å². The number of nitrogens with one attached hydrogen (secondary N) is 1. The minimum Gasteiger partial charge on any atom is -0.495 e. The van der Waals surface area contributed by atoms with Crippen LogP contribution in [0.25, 0.3) is 11.1 Å². The molecule has 9 heteroatoms. The molecule has 1 aliphatic carbocycles. The first-order valence-corrected chi connectivity index (χ1v) is 11.3. The summed E-state index contributed by atoms with van der Waals surface area (Å²) in [5.41, 5.74) is 1.31. The number of carboxylic acids is 1. The number of benzene rings is 2.